The third-order valence-corrected chi connectivity index (χ3v) is 3.46. The number of carboxylic acid groups (broad SMARTS) is 1. The summed E-state index contributed by atoms with van der Waals surface area (Å²) in [5.74, 6) is -0.856. The number of hydrogen-bond donors (Lipinski definition) is 1. The molecule has 0 unspecified atom stereocenters. The van der Waals surface area contributed by atoms with Crippen molar-refractivity contribution >= 4 is 28.6 Å². The Labute approximate surface area is 116 Å². The predicted octanol–water partition coefficient (Wildman–Crippen LogP) is 2.52. The zero-order valence-corrected chi connectivity index (χ0v) is 12.6. The molecule has 0 amide bonds. The van der Waals surface area contributed by atoms with Crippen molar-refractivity contribution in [3.63, 3.8) is 0 Å². The van der Waals surface area contributed by atoms with E-state index in [1.165, 1.54) is 0 Å². The van der Waals surface area contributed by atoms with E-state index >= 15 is 0 Å². The largest absolute Gasteiger partial charge is 0.477 e. The summed E-state index contributed by atoms with van der Waals surface area (Å²) < 4.78 is 2.79. The topological polar surface area (TPSA) is 45.5 Å². The van der Waals surface area contributed by atoms with Crippen LogP contribution in [-0.2, 0) is 6.54 Å². The molecule has 0 aliphatic rings. The fraction of sp³-hybridized carbons (Fsp3) is 0.583. The van der Waals surface area contributed by atoms with Crippen LogP contribution in [-0.4, -0.2) is 40.2 Å². The highest BCUT2D eigenvalue weighted by Crippen LogP contribution is 2.12. The molecule has 5 heteroatoms. The van der Waals surface area contributed by atoms with Gasteiger partial charge in [0.15, 0.2) is 0 Å². The average molecular weight is 350 g/mol. The van der Waals surface area contributed by atoms with Crippen molar-refractivity contribution in [3.8, 4) is 0 Å². The van der Waals surface area contributed by atoms with Crippen LogP contribution in [0.3, 0.4) is 0 Å². The summed E-state index contributed by atoms with van der Waals surface area (Å²) in [6.07, 6.45) is 2.85. The maximum atomic E-state index is 11.0. The number of halogens is 1. The van der Waals surface area contributed by atoms with Gasteiger partial charge in [0.05, 0.1) is 0 Å². The minimum absolute atomic E-state index is 0.376. The van der Waals surface area contributed by atoms with Gasteiger partial charge in [-0.15, -0.1) is 0 Å². The lowest BCUT2D eigenvalue weighted by molar-refractivity contribution is 0.0684. The molecule has 1 aromatic heterocycles. The monoisotopic (exact) mass is 350 g/mol. The molecule has 0 aliphatic carbocycles. The molecule has 0 saturated heterocycles. The summed E-state index contributed by atoms with van der Waals surface area (Å²) in [4.78, 5) is 13.3. The summed E-state index contributed by atoms with van der Waals surface area (Å²) in [6.45, 7) is 6.04. The van der Waals surface area contributed by atoms with Gasteiger partial charge in [-0.05, 0) is 62.5 Å². The van der Waals surface area contributed by atoms with E-state index in [1.54, 1.807) is 6.07 Å². The first kappa shape index (κ1) is 14.5. The van der Waals surface area contributed by atoms with Gasteiger partial charge in [0.25, 0.3) is 0 Å². The smallest absolute Gasteiger partial charge is 0.352 e. The number of nitrogens with zero attached hydrogens (tertiary/aromatic N) is 2. The lowest BCUT2D eigenvalue weighted by Gasteiger charge is -2.20. The van der Waals surface area contributed by atoms with E-state index in [4.69, 9.17) is 5.11 Å². The second kappa shape index (κ2) is 6.39. The molecule has 4 nitrogen and oxygen atoms in total. The molecule has 96 valence electrons. The highest BCUT2D eigenvalue weighted by atomic mass is 127. The maximum Gasteiger partial charge on any atom is 0.352 e. The zero-order chi connectivity index (χ0) is 13.0. The number of carbonyl (C=O) groups is 1. The first-order chi connectivity index (χ1) is 7.91. The van der Waals surface area contributed by atoms with Crippen LogP contribution in [0.2, 0.25) is 0 Å². The molecule has 1 N–H and O–H groups in total. The Morgan fingerprint density at radius 1 is 1.59 bits per heavy atom. The van der Waals surface area contributed by atoms with Gasteiger partial charge in [-0.1, -0.05) is 0 Å². The van der Waals surface area contributed by atoms with E-state index < -0.39 is 5.97 Å². The third kappa shape index (κ3) is 4.31. The Kier molecular flexibility index (Phi) is 5.45. The van der Waals surface area contributed by atoms with Gasteiger partial charge in [-0.2, -0.15) is 0 Å². The third-order valence-electron chi connectivity index (χ3n) is 2.87. The molecule has 1 aromatic rings. The number of aryl methyl sites for hydroxylation is 1. The molecular weight excluding hydrogens is 331 g/mol. The van der Waals surface area contributed by atoms with E-state index in [-0.39, 0.29) is 0 Å². The number of hydrogen-bond acceptors (Lipinski definition) is 2. The molecule has 1 heterocycles. The Bertz CT molecular complexity index is 388. The summed E-state index contributed by atoms with van der Waals surface area (Å²) in [6, 6.07) is 2.23. The highest BCUT2D eigenvalue weighted by Gasteiger charge is 2.11. The molecule has 0 aromatic carbocycles. The van der Waals surface area contributed by atoms with Crippen LogP contribution in [0, 0.1) is 3.57 Å². The number of carboxylic acids is 1. The van der Waals surface area contributed by atoms with Crippen LogP contribution in [0.15, 0.2) is 12.3 Å². The lowest BCUT2D eigenvalue weighted by Crippen LogP contribution is -2.28. The first-order valence-corrected chi connectivity index (χ1v) is 6.79. The van der Waals surface area contributed by atoms with Gasteiger partial charge in [0.1, 0.15) is 5.69 Å². The van der Waals surface area contributed by atoms with Gasteiger partial charge >= 0.3 is 5.97 Å². The standard InChI is InChI=1S/C12H19IN2O2/c1-9(2)14(3)5-4-6-15-8-10(13)7-11(15)12(16)17/h7-9H,4-6H2,1-3H3,(H,16,17). The molecule has 0 atom stereocenters. The molecule has 0 aliphatic heterocycles. The van der Waals surface area contributed by atoms with Crippen LogP contribution >= 0.6 is 22.6 Å². The summed E-state index contributed by atoms with van der Waals surface area (Å²) in [5.41, 5.74) is 0.376. The summed E-state index contributed by atoms with van der Waals surface area (Å²) >= 11 is 2.14. The van der Waals surface area contributed by atoms with Crippen molar-refractivity contribution in [3.05, 3.63) is 21.5 Å². The number of aromatic carboxylic acids is 1. The summed E-state index contributed by atoms with van der Waals surface area (Å²) in [7, 11) is 2.09. The molecular formula is C12H19IN2O2. The van der Waals surface area contributed by atoms with E-state index in [9.17, 15) is 4.79 Å². The second-order valence-corrected chi connectivity index (χ2v) is 5.72. The van der Waals surface area contributed by atoms with Crippen molar-refractivity contribution < 1.29 is 9.90 Å². The zero-order valence-electron chi connectivity index (χ0n) is 10.5. The van der Waals surface area contributed by atoms with Crippen LogP contribution in [0.4, 0.5) is 0 Å². The fourth-order valence-corrected chi connectivity index (χ4v) is 2.22. The van der Waals surface area contributed by atoms with Crippen molar-refractivity contribution in [2.45, 2.75) is 32.9 Å². The number of rotatable bonds is 6. The van der Waals surface area contributed by atoms with Gasteiger partial charge in [-0.25, -0.2) is 4.79 Å². The Morgan fingerprint density at radius 3 is 2.76 bits per heavy atom. The van der Waals surface area contributed by atoms with Crippen LogP contribution in [0.1, 0.15) is 30.8 Å². The van der Waals surface area contributed by atoms with Gasteiger partial charge in [0.2, 0.25) is 0 Å². The molecule has 0 radical (unpaired) electrons. The highest BCUT2D eigenvalue weighted by molar-refractivity contribution is 14.1. The average Bonchev–Trinajstić information content (AvgIpc) is 2.59. The maximum absolute atomic E-state index is 11.0. The fourth-order valence-electron chi connectivity index (χ4n) is 1.59. The van der Waals surface area contributed by atoms with E-state index in [0.29, 0.717) is 11.7 Å². The Morgan fingerprint density at radius 2 is 2.24 bits per heavy atom. The minimum atomic E-state index is -0.856. The molecule has 0 fully saturated rings. The van der Waals surface area contributed by atoms with Crippen LogP contribution < -0.4 is 0 Å². The Hall–Kier alpha value is -0.560. The van der Waals surface area contributed by atoms with Crippen LogP contribution in [0.5, 0.6) is 0 Å². The molecule has 0 spiro atoms. The lowest BCUT2D eigenvalue weighted by atomic mass is 10.3. The molecule has 17 heavy (non-hydrogen) atoms. The van der Waals surface area contributed by atoms with Crippen molar-refractivity contribution in [1.29, 1.82) is 0 Å². The van der Waals surface area contributed by atoms with E-state index in [2.05, 4.69) is 48.4 Å². The molecule has 1 rings (SSSR count). The summed E-state index contributed by atoms with van der Waals surface area (Å²) in [5, 5.41) is 9.04. The van der Waals surface area contributed by atoms with Gasteiger partial charge in [0, 0.05) is 22.4 Å². The van der Waals surface area contributed by atoms with Crippen LogP contribution in [0.25, 0.3) is 0 Å². The van der Waals surface area contributed by atoms with Gasteiger partial charge < -0.3 is 14.6 Å². The van der Waals surface area contributed by atoms with Crippen molar-refractivity contribution in [1.82, 2.24) is 9.47 Å². The molecule has 0 bridgehead atoms. The van der Waals surface area contributed by atoms with E-state index in [0.717, 1.165) is 23.1 Å². The van der Waals surface area contributed by atoms with E-state index in [1.807, 2.05) is 10.8 Å². The van der Waals surface area contributed by atoms with Crippen molar-refractivity contribution in [2.75, 3.05) is 13.6 Å². The quantitative estimate of drug-likeness (QED) is 0.802. The first-order valence-electron chi connectivity index (χ1n) is 5.71. The molecule has 0 saturated carbocycles. The number of aromatic nitrogens is 1. The SMILES string of the molecule is CC(C)N(C)CCCn1cc(I)cc1C(=O)O. The predicted molar refractivity (Wildman–Crippen MR) is 76.5 cm³/mol. The normalized spacial score (nSPS) is 11.4. The van der Waals surface area contributed by atoms with Crippen molar-refractivity contribution in [2.24, 2.45) is 0 Å². The van der Waals surface area contributed by atoms with Gasteiger partial charge in [-0.3, -0.25) is 0 Å². The second-order valence-electron chi connectivity index (χ2n) is 4.47. The Balaban J connectivity index is 2.54. The minimum Gasteiger partial charge on any atom is -0.477 e.